The lowest BCUT2D eigenvalue weighted by Crippen LogP contribution is -2.41. The lowest BCUT2D eigenvalue weighted by Gasteiger charge is -2.05. The van der Waals surface area contributed by atoms with Crippen LogP contribution in [0.4, 0.5) is 5.69 Å². The summed E-state index contributed by atoms with van der Waals surface area (Å²) in [5, 5.41) is 20.7. The maximum absolute atomic E-state index is 11.6. The van der Waals surface area contributed by atoms with Crippen LogP contribution in [0.15, 0.2) is 36.4 Å². The number of carbonyl (C=O) groups excluding carboxylic acids is 3. The fourth-order valence-corrected chi connectivity index (χ4v) is 1.20. The third-order valence-electron chi connectivity index (χ3n) is 2.02. The van der Waals surface area contributed by atoms with E-state index < -0.39 is 28.4 Å². The first kappa shape index (κ1) is 14.8. The predicted molar refractivity (Wildman–Crippen MR) is 62.9 cm³/mol. The maximum Gasteiger partial charge on any atom is 0.282 e. The van der Waals surface area contributed by atoms with Crippen LogP contribution in [0.25, 0.3) is 0 Å². The number of carboxylic acid groups (broad SMARTS) is 1. The average Bonchev–Trinajstić information content (AvgIpc) is 2.42. The van der Waals surface area contributed by atoms with E-state index in [9.17, 15) is 29.6 Å². The first-order valence-corrected chi connectivity index (χ1v) is 5.14. The van der Waals surface area contributed by atoms with Crippen LogP contribution in [0.5, 0.6) is 0 Å². The van der Waals surface area contributed by atoms with Crippen molar-refractivity contribution in [2.45, 2.75) is 0 Å². The number of hydrogen-bond donors (Lipinski definition) is 2. The molecule has 104 valence electrons. The van der Waals surface area contributed by atoms with Gasteiger partial charge >= 0.3 is 0 Å². The molecule has 1 aromatic carbocycles. The van der Waals surface area contributed by atoms with E-state index in [-0.39, 0.29) is 5.56 Å². The monoisotopic (exact) mass is 278 g/mol. The molecule has 0 aliphatic heterocycles. The van der Waals surface area contributed by atoms with Gasteiger partial charge in [0.2, 0.25) is 0 Å². The SMILES string of the molecule is O=C([O-])/C=C\C(=O)NNC(=O)c1ccccc1[N+](=O)[O-]. The van der Waals surface area contributed by atoms with E-state index in [1.165, 1.54) is 18.2 Å². The summed E-state index contributed by atoms with van der Waals surface area (Å²) in [6.45, 7) is 0. The largest absolute Gasteiger partial charge is 0.545 e. The van der Waals surface area contributed by atoms with Gasteiger partial charge in [0, 0.05) is 12.1 Å². The number of amides is 2. The molecule has 2 N–H and O–H groups in total. The van der Waals surface area contributed by atoms with Gasteiger partial charge in [0.25, 0.3) is 17.5 Å². The highest BCUT2D eigenvalue weighted by atomic mass is 16.6. The summed E-state index contributed by atoms with van der Waals surface area (Å²) in [7, 11) is 0. The molecule has 0 saturated carbocycles. The van der Waals surface area contributed by atoms with Crippen LogP contribution in [0.3, 0.4) is 0 Å². The lowest BCUT2D eigenvalue weighted by molar-refractivity contribution is -0.385. The fourth-order valence-electron chi connectivity index (χ4n) is 1.20. The van der Waals surface area contributed by atoms with E-state index in [0.717, 1.165) is 6.07 Å². The molecule has 0 saturated heterocycles. The molecule has 0 aromatic heterocycles. The van der Waals surface area contributed by atoms with Crippen molar-refractivity contribution < 1.29 is 24.4 Å². The zero-order valence-corrected chi connectivity index (χ0v) is 9.86. The number of hydrazine groups is 1. The number of hydrogen-bond acceptors (Lipinski definition) is 6. The second kappa shape index (κ2) is 6.64. The van der Waals surface area contributed by atoms with E-state index in [2.05, 4.69) is 0 Å². The Bertz CT molecular complexity index is 596. The number of nitrogens with zero attached hydrogens (tertiary/aromatic N) is 1. The van der Waals surface area contributed by atoms with E-state index in [4.69, 9.17) is 0 Å². The Morgan fingerprint density at radius 3 is 2.35 bits per heavy atom. The molecule has 0 spiro atoms. The molecule has 0 unspecified atom stereocenters. The zero-order chi connectivity index (χ0) is 15.1. The number of rotatable bonds is 4. The number of benzene rings is 1. The van der Waals surface area contributed by atoms with Crippen LogP contribution in [-0.4, -0.2) is 22.7 Å². The van der Waals surface area contributed by atoms with Crippen LogP contribution < -0.4 is 16.0 Å². The van der Waals surface area contributed by atoms with Gasteiger partial charge in [-0.3, -0.25) is 30.6 Å². The van der Waals surface area contributed by atoms with Crippen molar-refractivity contribution in [1.82, 2.24) is 10.9 Å². The molecule has 0 heterocycles. The normalized spacial score (nSPS) is 10.0. The van der Waals surface area contributed by atoms with Crippen molar-refractivity contribution >= 4 is 23.5 Å². The van der Waals surface area contributed by atoms with Crippen molar-refractivity contribution in [2.75, 3.05) is 0 Å². The molecule has 0 atom stereocenters. The lowest BCUT2D eigenvalue weighted by atomic mass is 10.2. The number of nitro groups is 1. The number of nitro benzene ring substituents is 1. The van der Waals surface area contributed by atoms with E-state index in [0.29, 0.717) is 12.2 Å². The Morgan fingerprint density at radius 2 is 1.75 bits per heavy atom. The fraction of sp³-hybridized carbons (Fsp3) is 0. The van der Waals surface area contributed by atoms with Crippen LogP contribution in [-0.2, 0) is 9.59 Å². The Hall–Kier alpha value is -3.23. The summed E-state index contributed by atoms with van der Waals surface area (Å²) in [4.78, 5) is 42.7. The first-order chi connectivity index (χ1) is 9.41. The summed E-state index contributed by atoms with van der Waals surface area (Å²) in [6.07, 6.45) is 1.08. The Labute approximate surface area is 112 Å². The van der Waals surface area contributed by atoms with Crippen LogP contribution in [0, 0.1) is 10.1 Å². The summed E-state index contributed by atoms with van der Waals surface area (Å²) in [6, 6.07) is 5.14. The quantitative estimate of drug-likeness (QED) is 0.396. The van der Waals surface area contributed by atoms with Gasteiger partial charge in [0.15, 0.2) is 0 Å². The van der Waals surface area contributed by atoms with E-state index in [1.54, 1.807) is 0 Å². The smallest absolute Gasteiger partial charge is 0.282 e. The van der Waals surface area contributed by atoms with Gasteiger partial charge in [-0.15, -0.1) is 0 Å². The minimum absolute atomic E-state index is 0.248. The van der Waals surface area contributed by atoms with Gasteiger partial charge in [-0.2, -0.15) is 0 Å². The van der Waals surface area contributed by atoms with Crippen LogP contribution in [0.2, 0.25) is 0 Å². The zero-order valence-electron chi connectivity index (χ0n) is 9.86. The number of nitrogens with one attached hydrogen (secondary N) is 2. The topological polar surface area (TPSA) is 141 Å². The summed E-state index contributed by atoms with van der Waals surface area (Å²) in [5.74, 6) is -3.42. The number of para-hydroxylation sites is 1. The van der Waals surface area contributed by atoms with Gasteiger partial charge in [0.05, 0.1) is 10.9 Å². The van der Waals surface area contributed by atoms with Crippen molar-refractivity contribution in [2.24, 2.45) is 0 Å². The number of aliphatic carboxylic acids is 1. The van der Waals surface area contributed by atoms with Gasteiger partial charge in [0.1, 0.15) is 5.56 Å². The third kappa shape index (κ3) is 4.22. The van der Waals surface area contributed by atoms with Crippen molar-refractivity contribution in [3.63, 3.8) is 0 Å². The summed E-state index contributed by atoms with van der Waals surface area (Å²) < 4.78 is 0. The van der Waals surface area contributed by atoms with Crippen LogP contribution in [0.1, 0.15) is 10.4 Å². The number of carboxylic acids is 1. The van der Waals surface area contributed by atoms with E-state index >= 15 is 0 Å². The molecule has 1 rings (SSSR count). The molecule has 2 amide bonds. The first-order valence-electron chi connectivity index (χ1n) is 5.14. The molecule has 0 bridgehead atoms. The molecule has 0 fully saturated rings. The standard InChI is InChI=1S/C11H9N3O6/c15-9(5-6-10(16)17)12-13-11(18)7-3-1-2-4-8(7)14(19)20/h1-6H,(H,12,15)(H,13,18)(H,16,17)/p-1/b6-5-. The molecule has 0 aliphatic carbocycles. The highest BCUT2D eigenvalue weighted by Gasteiger charge is 2.18. The predicted octanol–water partition coefficient (Wildman–Crippen LogP) is -1.34. The van der Waals surface area contributed by atoms with Crippen molar-refractivity contribution in [3.8, 4) is 0 Å². The highest BCUT2D eigenvalue weighted by Crippen LogP contribution is 2.16. The summed E-state index contributed by atoms with van der Waals surface area (Å²) in [5.41, 5.74) is 3.10. The number of carbonyl (C=O) groups is 3. The third-order valence-corrected chi connectivity index (χ3v) is 2.02. The molecule has 9 nitrogen and oxygen atoms in total. The molecule has 20 heavy (non-hydrogen) atoms. The molecule has 0 aliphatic rings. The second-order valence-corrected chi connectivity index (χ2v) is 3.37. The van der Waals surface area contributed by atoms with Crippen molar-refractivity contribution in [1.29, 1.82) is 0 Å². The maximum atomic E-state index is 11.6. The minimum Gasteiger partial charge on any atom is -0.545 e. The van der Waals surface area contributed by atoms with E-state index in [1.807, 2.05) is 10.9 Å². The molecular weight excluding hydrogens is 270 g/mol. The van der Waals surface area contributed by atoms with Crippen LogP contribution >= 0.6 is 0 Å². The molecule has 9 heteroatoms. The Balaban J connectivity index is 2.71. The molecule has 1 aromatic rings. The second-order valence-electron chi connectivity index (χ2n) is 3.37. The molecular formula is C11H8N3O6-. The average molecular weight is 278 g/mol. The minimum atomic E-state index is -1.58. The van der Waals surface area contributed by atoms with Crippen molar-refractivity contribution in [3.05, 3.63) is 52.1 Å². The van der Waals surface area contributed by atoms with Gasteiger partial charge < -0.3 is 9.90 Å². The Kier molecular flexibility index (Phi) is 4.92. The summed E-state index contributed by atoms with van der Waals surface area (Å²) >= 11 is 0. The van der Waals surface area contributed by atoms with Gasteiger partial charge in [-0.05, 0) is 12.1 Å². The molecule has 0 radical (unpaired) electrons. The van der Waals surface area contributed by atoms with Gasteiger partial charge in [-0.25, -0.2) is 0 Å². The highest BCUT2D eigenvalue weighted by molar-refractivity contribution is 6.00. The Morgan fingerprint density at radius 1 is 1.10 bits per heavy atom. The van der Waals surface area contributed by atoms with Gasteiger partial charge in [-0.1, -0.05) is 12.1 Å².